The molecular weight excluding hydrogens is 238 g/mol. The van der Waals surface area contributed by atoms with Gasteiger partial charge in [0.05, 0.1) is 5.38 Å². The summed E-state index contributed by atoms with van der Waals surface area (Å²) in [6.45, 7) is 1.82. The Labute approximate surface area is 107 Å². The summed E-state index contributed by atoms with van der Waals surface area (Å²) in [5.41, 5.74) is 0. The SMILES string of the molecule is CC(Cl)c1ccc(C(=O)NC2CCCCC2)o1. The van der Waals surface area contributed by atoms with Gasteiger partial charge in [0.25, 0.3) is 5.91 Å². The van der Waals surface area contributed by atoms with Gasteiger partial charge < -0.3 is 9.73 Å². The summed E-state index contributed by atoms with van der Waals surface area (Å²) >= 11 is 5.89. The molecule has 1 heterocycles. The van der Waals surface area contributed by atoms with E-state index in [1.165, 1.54) is 19.3 Å². The van der Waals surface area contributed by atoms with Crippen LogP contribution >= 0.6 is 11.6 Å². The van der Waals surface area contributed by atoms with Crippen molar-refractivity contribution in [3.63, 3.8) is 0 Å². The molecule has 1 unspecified atom stereocenters. The van der Waals surface area contributed by atoms with E-state index in [2.05, 4.69) is 5.32 Å². The van der Waals surface area contributed by atoms with Crippen molar-refractivity contribution >= 4 is 17.5 Å². The zero-order valence-corrected chi connectivity index (χ0v) is 10.8. The van der Waals surface area contributed by atoms with Crippen LogP contribution in [0.1, 0.15) is 60.7 Å². The summed E-state index contributed by atoms with van der Waals surface area (Å²) in [5, 5.41) is 2.81. The predicted molar refractivity (Wildman–Crippen MR) is 67.3 cm³/mol. The highest BCUT2D eigenvalue weighted by Crippen LogP contribution is 2.22. The summed E-state index contributed by atoms with van der Waals surface area (Å²) in [4.78, 5) is 11.9. The van der Waals surface area contributed by atoms with Crippen molar-refractivity contribution in [3.05, 3.63) is 23.7 Å². The Morgan fingerprint density at radius 2 is 2.12 bits per heavy atom. The molecule has 0 spiro atoms. The fourth-order valence-corrected chi connectivity index (χ4v) is 2.31. The molecule has 2 rings (SSSR count). The number of carbonyl (C=O) groups is 1. The lowest BCUT2D eigenvalue weighted by Crippen LogP contribution is -2.35. The van der Waals surface area contributed by atoms with Crippen LogP contribution in [0.25, 0.3) is 0 Å². The van der Waals surface area contributed by atoms with Crippen molar-refractivity contribution in [1.82, 2.24) is 5.32 Å². The van der Waals surface area contributed by atoms with Gasteiger partial charge in [0.15, 0.2) is 5.76 Å². The molecule has 0 bridgehead atoms. The molecule has 0 aromatic carbocycles. The molecule has 1 aromatic heterocycles. The van der Waals surface area contributed by atoms with Gasteiger partial charge >= 0.3 is 0 Å². The number of rotatable bonds is 3. The Morgan fingerprint density at radius 3 is 2.71 bits per heavy atom. The van der Waals surface area contributed by atoms with E-state index < -0.39 is 0 Å². The van der Waals surface area contributed by atoms with Gasteiger partial charge in [-0.05, 0) is 31.9 Å². The monoisotopic (exact) mass is 255 g/mol. The van der Waals surface area contributed by atoms with Crippen LogP contribution in [0.2, 0.25) is 0 Å². The molecule has 1 amide bonds. The number of hydrogen-bond donors (Lipinski definition) is 1. The van der Waals surface area contributed by atoms with Crippen LogP contribution < -0.4 is 5.32 Å². The Morgan fingerprint density at radius 1 is 1.41 bits per heavy atom. The van der Waals surface area contributed by atoms with Crippen molar-refractivity contribution in [2.45, 2.75) is 50.4 Å². The zero-order valence-electron chi connectivity index (χ0n) is 10.0. The van der Waals surface area contributed by atoms with Gasteiger partial charge in [-0.3, -0.25) is 4.79 Å². The highest BCUT2D eigenvalue weighted by molar-refractivity contribution is 6.20. The Bertz CT molecular complexity index is 381. The van der Waals surface area contributed by atoms with Gasteiger partial charge in [0.1, 0.15) is 5.76 Å². The quantitative estimate of drug-likeness (QED) is 0.838. The molecule has 17 heavy (non-hydrogen) atoms. The summed E-state index contributed by atoms with van der Waals surface area (Å²) in [7, 11) is 0. The van der Waals surface area contributed by atoms with Crippen LogP contribution in [-0.2, 0) is 0 Å². The first-order valence-electron chi connectivity index (χ1n) is 6.21. The van der Waals surface area contributed by atoms with Crippen LogP contribution in [-0.4, -0.2) is 11.9 Å². The molecule has 1 atom stereocenters. The zero-order chi connectivity index (χ0) is 12.3. The van der Waals surface area contributed by atoms with E-state index in [-0.39, 0.29) is 11.3 Å². The lowest BCUT2D eigenvalue weighted by Gasteiger charge is -2.22. The minimum atomic E-state index is -0.203. The fourth-order valence-electron chi connectivity index (χ4n) is 2.19. The Hall–Kier alpha value is -0.960. The summed E-state index contributed by atoms with van der Waals surface area (Å²) in [5.74, 6) is 0.874. The number of halogens is 1. The number of hydrogen-bond acceptors (Lipinski definition) is 2. The number of furan rings is 1. The van der Waals surface area contributed by atoms with Gasteiger partial charge in [-0.2, -0.15) is 0 Å². The third-order valence-corrected chi connectivity index (χ3v) is 3.40. The minimum absolute atomic E-state index is 0.125. The second kappa shape index (κ2) is 5.58. The average Bonchev–Trinajstić information content (AvgIpc) is 2.79. The standard InChI is InChI=1S/C13H18ClNO2/c1-9(14)11-7-8-12(17-11)13(16)15-10-5-3-2-4-6-10/h7-10H,2-6H2,1H3,(H,15,16). The molecule has 1 N–H and O–H groups in total. The topological polar surface area (TPSA) is 42.2 Å². The highest BCUT2D eigenvalue weighted by Gasteiger charge is 2.19. The third-order valence-electron chi connectivity index (χ3n) is 3.18. The van der Waals surface area contributed by atoms with Crippen LogP contribution in [0.5, 0.6) is 0 Å². The predicted octanol–water partition coefficient (Wildman–Crippen LogP) is 3.64. The van der Waals surface area contributed by atoms with Crippen molar-refractivity contribution in [2.24, 2.45) is 0 Å². The van der Waals surface area contributed by atoms with E-state index in [1.54, 1.807) is 12.1 Å². The first kappa shape index (κ1) is 12.5. The molecule has 1 aliphatic rings. The summed E-state index contributed by atoms with van der Waals surface area (Å²) < 4.78 is 5.40. The van der Waals surface area contributed by atoms with E-state index in [9.17, 15) is 4.79 Å². The van der Waals surface area contributed by atoms with E-state index in [0.717, 1.165) is 12.8 Å². The lowest BCUT2D eigenvalue weighted by atomic mass is 9.95. The number of amides is 1. The first-order chi connectivity index (χ1) is 8.16. The fraction of sp³-hybridized carbons (Fsp3) is 0.615. The average molecular weight is 256 g/mol. The molecular formula is C13H18ClNO2. The van der Waals surface area contributed by atoms with E-state index in [0.29, 0.717) is 17.6 Å². The smallest absolute Gasteiger partial charge is 0.287 e. The summed E-state index contributed by atoms with van der Waals surface area (Å²) in [6.07, 6.45) is 5.83. The molecule has 0 saturated heterocycles. The van der Waals surface area contributed by atoms with Gasteiger partial charge in [0, 0.05) is 6.04 Å². The van der Waals surface area contributed by atoms with E-state index >= 15 is 0 Å². The molecule has 1 aliphatic carbocycles. The van der Waals surface area contributed by atoms with Gasteiger partial charge in [0.2, 0.25) is 0 Å². The number of carbonyl (C=O) groups excluding carboxylic acids is 1. The normalized spacial score (nSPS) is 18.9. The van der Waals surface area contributed by atoms with Crippen LogP contribution in [0.15, 0.2) is 16.5 Å². The summed E-state index contributed by atoms with van der Waals surface area (Å²) in [6, 6.07) is 3.75. The maximum Gasteiger partial charge on any atom is 0.287 e. The van der Waals surface area contributed by atoms with Crippen LogP contribution in [0, 0.1) is 0 Å². The maximum atomic E-state index is 11.9. The largest absolute Gasteiger partial charge is 0.454 e. The molecule has 0 aliphatic heterocycles. The van der Waals surface area contributed by atoms with Crippen LogP contribution in [0.4, 0.5) is 0 Å². The first-order valence-corrected chi connectivity index (χ1v) is 6.65. The Kier molecular flexibility index (Phi) is 4.11. The van der Waals surface area contributed by atoms with Crippen LogP contribution in [0.3, 0.4) is 0 Å². The Balaban J connectivity index is 1.94. The van der Waals surface area contributed by atoms with Gasteiger partial charge in [-0.15, -0.1) is 11.6 Å². The lowest BCUT2D eigenvalue weighted by molar-refractivity contribution is 0.0898. The van der Waals surface area contributed by atoms with E-state index in [4.69, 9.17) is 16.0 Å². The van der Waals surface area contributed by atoms with Crippen molar-refractivity contribution < 1.29 is 9.21 Å². The molecule has 4 heteroatoms. The molecule has 1 fully saturated rings. The second-order valence-corrected chi connectivity index (χ2v) is 5.28. The van der Waals surface area contributed by atoms with Gasteiger partial charge in [-0.25, -0.2) is 0 Å². The molecule has 1 aromatic rings. The highest BCUT2D eigenvalue weighted by atomic mass is 35.5. The molecule has 1 saturated carbocycles. The number of alkyl halides is 1. The van der Waals surface area contributed by atoms with Gasteiger partial charge in [-0.1, -0.05) is 19.3 Å². The molecule has 0 radical (unpaired) electrons. The van der Waals surface area contributed by atoms with Crippen molar-refractivity contribution in [1.29, 1.82) is 0 Å². The molecule has 3 nitrogen and oxygen atoms in total. The third kappa shape index (κ3) is 3.25. The maximum absolute atomic E-state index is 11.9. The second-order valence-electron chi connectivity index (χ2n) is 4.63. The van der Waals surface area contributed by atoms with Crippen molar-refractivity contribution in [3.8, 4) is 0 Å². The molecule has 94 valence electrons. The number of nitrogens with one attached hydrogen (secondary N) is 1. The van der Waals surface area contributed by atoms with E-state index in [1.807, 2.05) is 6.92 Å². The van der Waals surface area contributed by atoms with Crippen molar-refractivity contribution in [2.75, 3.05) is 0 Å². The minimum Gasteiger partial charge on any atom is -0.454 e.